The molecule has 1 amide bonds. The van der Waals surface area contributed by atoms with Crippen molar-refractivity contribution in [2.45, 2.75) is 0 Å². The highest BCUT2D eigenvalue weighted by molar-refractivity contribution is 7.22. The van der Waals surface area contributed by atoms with Crippen molar-refractivity contribution in [2.75, 3.05) is 5.32 Å². The average molecular weight is 372 g/mol. The molecule has 0 aliphatic heterocycles. The van der Waals surface area contributed by atoms with E-state index in [2.05, 4.69) is 15.3 Å². The van der Waals surface area contributed by atoms with E-state index in [1.165, 1.54) is 11.3 Å². The first-order valence-corrected chi connectivity index (χ1v) is 9.15. The molecule has 0 aliphatic carbocycles. The number of nitrogens with zero attached hydrogens (tertiary/aromatic N) is 2. The molecule has 0 bridgehead atoms. The number of hydrogen-bond donors (Lipinski definition) is 1. The molecule has 0 saturated carbocycles. The van der Waals surface area contributed by atoms with Crippen molar-refractivity contribution in [3.8, 4) is 10.7 Å². The van der Waals surface area contributed by atoms with Crippen LogP contribution in [0.4, 0.5) is 5.13 Å². The summed E-state index contributed by atoms with van der Waals surface area (Å²) in [6.07, 6.45) is 0. The number of carbonyl (C=O) groups excluding carboxylic acids is 1. The van der Waals surface area contributed by atoms with Gasteiger partial charge in [0.1, 0.15) is 10.7 Å². The van der Waals surface area contributed by atoms with Crippen LogP contribution in [0.1, 0.15) is 10.4 Å². The van der Waals surface area contributed by atoms with Crippen LogP contribution in [-0.2, 0) is 0 Å². The Morgan fingerprint density at radius 3 is 2.79 bits per heavy atom. The molecule has 0 fully saturated rings. The summed E-state index contributed by atoms with van der Waals surface area (Å²) >= 11 is 8.87. The molecule has 0 saturated heterocycles. The van der Waals surface area contributed by atoms with Gasteiger partial charge >= 0.3 is 0 Å². The summed E-state index contributed by atoms with van der Waals surface area (Å²) < 4.78 is 1.12. The second-order valence-corrected chi connectivity index (χ2v) is 7.31. The van der Waals surface area contributed by atoms with E-state index < -0.39 is 0 Å². The molecular weight excluding hydrogens is 362 g/mol. The van der Waals surface area contributed by atoms with E-state index in [0.29, 0.717) is 15.7 Å². The van der Waals surface area contributed by atoms with Crippen LogP contribution in [0, 0.1) is 0 Å². The van der Waals surface area contributed by atoms with E-state index >= 15 is 0 Å². The highest BCUT2D eigenvalue weighted by Gasteiger charge is 2.13. The molecule has 118 valence electrons. The molecule has 7 heteroatoms. The molecule has 0 spiro atoms. The van der Waals surface area contributed by atoms with E-state index in [1.807, 2.05) is 29.6 Å². The largest absolute Gasteiger partial charge is 0.298 e. The molecule has 0 radical (unpaired) electrons. The van der Waals surface area contributed by atoms with E-state index in [-0.39, 0.29) is 5.91 Å². The summed E-state index contributed by atoms with van der Waals surface area (Å²) in [4.78, 5) is 21.3. The van der Waals surface area contributed by atoms with Crippen LogP contribution in [0.2, 0.25) is 5.02 Å². The summed E-state index contributed by atoms with van der Waals surface area (Å²) in [6, 6.07) is 14.8. The molecule has 0 unspecified atom stereocenters. The minimum atomic E-state index is -0.234. The Bertz CT molecular complexity index is 1010. The Hall–Kier alpha value is -2.28. The number of hydrogen-bond acceptors (Lipinski definition) is 5. The van der Waals surface area contributed by atoms with E-state index in [9.17, 15) is 4.79 Å². The maximum atomic E-state index is 12.2. The summed E-state index contributed by atoms with van der Waals surface area (Å²) in [5, 5.41) is 6.59. The predicted octanol–water partition coefficient (Wildman–Crippen LogP) is 5.33. The Labute approximate surface area is 150 Å². The number of halogens is 1. The highest BCUT2D eigenvalue weighted by atomic mass is 35.5. The quantitative estimate of drug-likeness (QED) is 0.529. The van der Waals surface area contributed by atoms with Crippen LogP contribution >= 0.6 is 34.3 Å². The van der Waals surface area contributed by atoms with Crippen LogP contribution in [0.3, 0.4) is 0 Å². The second-order valence-electron chi connectivity index (χ2n) is 4.99. The monoisotopic (exact) mass is 371 g/mol. The van der Waals surface area contributed by atoms with Crippen LogP contribution in [-0.4, -0.2) is 15.9 Å². The number of anilines is 1. The lowest BCUT2D eigenvalue weighted by Gasteiger charge is -2.01. The summed E-state index contributed by atoms with van der Waals surface area (Å²) in [7, 11) is 0. The van der Waals surface area contributed by atoms with E-state index in [4.69, 9.17) is 11.6 Å². The summed E-state index contributed by atoms with van der Waals surface area (Å²) in [5.74, 6) is -0.234. The minimum absolute atomic E-state index is 0.234. The van der Waals surface area contributed by atoms with Gasteiger partial charge in [-0.05, 0) is 30.3 Å². The van der Waals surface area contributed by atoms with Gasteiger partial charge in [0.05, 0.1) is 10.2 Å². The predicted molar refractivity (Wildman–Crippen MR) is 100 cm³/mol. The third-order valence-electron chi connectivity index (χ3n) is 3.32. The zero-order valence-corrected chi connectivity index (χ0v) is 14.6. The number of rotatable bonds is 3. The molecule has 0 aliphatic rings. The number of benzene rings is 2. The molecular formula is C17H10ClN3OS2. The number of thiazole rings is 2. The van der Waals surface area contributed by atoms with Crippen LogP contribution < -0.4 is 5.32 Å². The third kappa shape index (κ3) is 3.03. The smallest absolute Gasteiger partial charge is 0.257 e. The number of aromatic nitrogens is 2. The van der Waals surface area contributed by atoms with Crippen molar-refractivity contribution in [2.24, 2.45) is 0 Å². The van der Waals surface area contributed by atoms with E-state index in [1.54, 1.807) is 35.6 Å². The standard InChI is InChI=1S/C17H10ClN3OS2/c18-11-5-3-4-10(8-11)15(22)21-17-20-13(9-23-17)16-19-12-6-1-2-7-14(12)24-16/h1-9H,(H,20,21,22). The van der Waals surface area contributed by atoms with Gasteiger partial charge in [0, 0.05) is 16.0 Å². The van der Waals surface area contributed by atoms with Gasteiger partial charge in [-0.15, -0.1) is 22.7 Å². The minimum Gasteiger partial charge on any atom is -0.298 e. The van der Waals surface area contributed by atoms with Crippen molar-refractivity contribution < 1.29 is 4.79 Å². The Kier molecular flexibility index (Phi) is 4.02. The fourth-order valence-electron chi connectivity index (χ4n) is 2.21. The fourth-order valence-corrected chi connectivity index (χ4v) is 4.09. The van der Waals surface area contributed by atoms with Crippen LogP contribution in [0.25, 0.3) is 20.9 Å². The van der Waals surface area contributed by atoms with Crippen molar-refractivity contribution in [1.82, 2.24) is 9.97 Å². The van der Waals surface area contributed by atoms with Crippen LogP contribution in [0.5, 0.6) is 0 Å². The number of carbonyl (C=O) groups is 1. The molecule has 4 rings (SSSR count). The van der Waals surface area contributed by atoms with Gasteiger partial charge in [0.2, 0.25) is 0 Å². The highest BCUT2D eigenvalue weighted by Crippen LogP contribution is 2.32. The zero-order valence-electron chi connectivity index (χ0n) is 12.2. The van der Waals surface area contributed by atoms with Gasteiger partial charge in [-0.25, -0.2) is 9.97 Å². The topological polar surface area (TPSA) is 54.9 Å². The second kappa shape index (κ2) is 6.32. The third-order valence-corrected chi connectivity index (χ3v) is 5.38. The molecule has 4 nitrogen and oxygen atoms in total. The van der Waals surface area contributed by atoms with Crippen LogP contribution in [0.15, 0.2) is 53.9 Å². The first kappa shape index (κ1) is 15.3. The molecule has 1 N–H and O–H groups in total. The normalized spacial score (nSPS) is 10.9. The molecule has 2 aromatic carbocycles. The number of nitrogens with one attached hydrogen (secondary N) is 1. The van der Waals surface area contributed by atoms with Crippen molar-refractivity contribution in [3.05, 3.63) is 64.5 Å². The van der Waals surface area contributed by atoms with Gasteiger partial charge in [-0.1, -0.05) is 29.8 Å². The number of para-hydroxylation sites is 1. The first-order chi connectivity index (χ1) is 11.7. The zero-order chi connectivity index (χ0) is 16.5. The Morgan fingerprint density at radius 1 is 1.08 bits per heavy atom. The van der Waals surface area contributed by atoms with Gasteiger partial charge in [0.25, 0.3) is 5.91 Å². The molecule has 4 aromatic rings. The lowest BCUT2D eigenvalue weighted by molar-refractivity contribution is 0.102. The molecule has 24 heavy (non-hydrogen) atoms. The molecule has 0 atom stereocenters. The lowest BCUT2D eigenvalue weighted by Crippen LogP contribution is -2.11. The van der Waals surface area contributed by atoms with Gasteiger partial charge in [-0.2, -0.15) is 0 Å². The van der Waals surface area contributed by atoms with Crippen molar-refractivity contribution in [1.29, 1.82) is 0 Å². The van der Waals surface area contributed by atoms with Crippen molar-refractivity contribution >= 4 is 55.5 Å². The maximum absolute atomic E-state index is 12.2. The summed E-state index contributed by atoms with van der Waals surface area (Å²) in [6.45, 7) is 0. The van der Waals surface area contributed by atoms with Gasteiger partial charge in [0.15, 0.2) is 5.13 Å². The maximum Gasteiger partial charge on any atom is 0.257 e. The average Bonchev–Trinajstić information content (AvgIpc) is 3.21. The van der Waals surface area contributed by atoms with Gasteiger partial charge in [-0.3, -0.25) is 10.1 Å². The lowest BCUT2D eigenvalue weighted by atomic mass is 10.2. The van der Waals surface area contributed by atoms with Gasteiger partial charge < -0.3 is 0 Å². The Morgan fingerprint density at radius 2 is 1.96 bits per heavy atom. The number of fused-ring (bicyclic) bond motifs is 1. The van der Waals surface area contributed by atoms with Crippen molar-refractivity contribution in [3.63, 3.8) is 0 Å². The Balaban J connectivity index is 1.57. The fraction of sp³-hybridized carbons (Fsp3) is 0. The number of amides is 1. The summed E-state index contributed by atoms with van der Waals surface area (Å²) in [5.41, 5.74) is 2.22. The first-order valence-electron chi connectivity index (χ1n) is 7.07. The SMILES string of the molecule is O=C(Nc1nc(-c2nc3ccccc3s2)cs1)c1cccc(Cl)c1. The molecule has 2 heterocycles. The molecule has 2 aromatic heterocycles. The van der Waals surface area contributed by atoms with E-state index in [0.717, 1.165) is 20.9 Å².